The van der Waals surface area contributed by atoms with Gasteiger partial charge in [-0.15, -0.1) is 0 Å². The highest BCUT2D eigenvalue weighted by Gasteiger charge is 2.09. The van der Waals surface area contributed by atoms with E-state index in [1.807, 2.05) is 50.2 Å². The van der Waals surface area contributed by atoms with Gasteiger partial charge in [-0.3, -0.25) is 0 Å². The van der Waals surface area contributed by atoms with Gasteiger partial charge in [0.2, 0.25) is 0 Å². The van der Waals surface area contributed by atoms with Crippen LogP contribution in [-0.2, 0) is 6.61 Å². The van der Waals surface area contributed by atoms with E-state index in [1.54, 1.807) is 6.08 Å². The van der Waals surface area contributed by atoms with Crippen molar-refractivity contribution in [1.29, 1.82) is 5.26 Å². The van der Waals surface area contributed by atoms with Gasteiger partial charge in [0.1, 0.15) is 23.4 Å². The zero-order chi connectivity index (χ0) is 17.7. The van der Waals surface area contributed by atoms with Gasteiger partial charge in [-0.05, 0) is 64.7 Å². The van der Waals surface area contributed by atoms with Crippen molar-refractivity contribution in [2.75, 3.05) is 0 Å². The summed E-state index contributed by atoms with van der Waals surface area (Å²) in [6.45, 7) is 4.44. The van der Waals surface area contributed by atoms with E-state index in [-0.39, 0.29) is 4.99 Å². The van der Waals surface area contributed by atoms with Gasteiger partial charge < -0.3 is 10.5 Å². The predicted octanol–water partition coefficient (Wildman–Crippen LogP) is 4.84. The lowest BCUT2D eigenvalue weighted by atomic mass is 9.98. The molecule has 0 aromatic heterocycles. The van der Waals surface area contributed by atoms with E-state index >= 15 is 0 Å². The summed E-state index contributed by atoms with van der Waals surface area (Å²) in [7, 11) is 0. The molecule has 0 saturated carbocycles. The van der Waals surface area contributed by atoms with Gasteiger partial charge in [-0.25, -0.2) is 0 Å². The number of thiocarbonyl (C=S) groups is 1. The number of para-hydroxylation sites is 1. The Bertz CT molecular complexity index is 853. The molecule has 2 rings (SSSR count). The Morgan fingerprint density at radius 2 is 2.04 bits per heavy atom. The Morgan fingerprint density at radius 3 is 2.67 bits per heavy atom. The Hall–Kier alpha value is -2.16. The van der Waals surface area contributed by atoms with E-state index in [2.05, 4.69) is 22.0 Å². The highest BCUT2D eigenvalue weighted by Crippen LogP contribution is 2.26. The molecule has 122 valence electrons. The van der Waals surface area contributed by atoms with Crippen LogP contribution in [0, 0.1) is 25.2 Å². The standard InChI is InChI=1S/C19H17BrN2OS/c1-12-7-14(9-15(10-21)19(22)24)13(2)16(8-12)11-23-18-6-4-3-5-17(18)20/h3-9H,11H2,1-2H3,(H2,22,24). The number of aryl methyl sites for hydroxylation is 1. The molecule has 0 aliphatic rings. The summed E-state index contributed by atoms with van der Waals surface area (Å²) in [4.78, 5) is 0.101. The maximum Gasteiger partial charge on any atom is 0.133 e. The molecule has 0 aliphatic heterocycles. The van der Waals surface area contributed by atoms with Crippen LogP contribution in [0.5, 0.6) is 5.75 Å². The van der Waals surface area contributed by atoms with E-state index in [4.69, 9.17) is 28.0 Å². The molecule has 0 saturated heterocycles. The zero-order valence-electron chi connectivity index (χ0n) is 13.5. The molecule has 0 amide bonds. The lowest BCUT2D eigenvalue weighted by Gasteiger charge is -2.13. The summed E-state index contributed by atoms with van der Waals surface area (Å²) in [5, 5.41) is 9.15. The largest absolute Gasteiger partial charge is 0.488 e. The molecule has 2 aromatic rings. The van der Waals surface area contributed by atoms with E-state index < -0.39 is 0 Å². The molecule has 0 bridgehead atoms. The van der Waals surface area contributed by atoms with Crippen LogP contribution >= 0.6 is 28.1 Å². The first-order chi connectivity index (χ1) is 11.4. The number of hydrogen-bond acceptors (Lipinski definition) is 3. The maximum absolute atomic E-state index is 9.15. The van der Waals surface area contributed by atoms with Gasteiger partial charge >= 0.3 is 0 Å². The summed E-state index contributed by atoms with van der Waals surface area (Å²) >= 11 is 8.39. The van der Waals surface area contributed by atoms with Crippen LogP contribution in [0.15, 0.2) is 46.4 Å². The first kappa shape index (κ1) is 18.2. The fourth-order valence-corrected chi connectivity index (χ4v) is 2.80. The summed E-state index contributed by atoms with van der Waals surface area (Å²) in [5.74, 6) is 0.788. The molecule has 0 heterocycles. The molecule has 0 atom stereocenters. The number of nitrogens with zero attached hydrogens (tertiary/aromatic N) is 1. The SMILES string of the molecule is Cc1cc(C=C(C#N)C(N)=S)c(C)c(COc2ccccc2Br)c1. The second kappa shape index (κ2) is 8.09. The minimum atomic E-state index is 0.101. The Morgan fingerprint density at radius 1 is 1.33 bits per heavy atom. The van der Waals surface area contributed by atoms with E-state index in [0.717, 1.165) is 32.5 Å². The van der Waals surface area contributed by atoms with Crippen molar-refractivity contribution in [3.8, 4) is 11.8 Å². The molecular weight excluding hydrogens is 384 g/mol. The summed E-state index contributed by atoms with van der Waals surface area (Å²) in [6, 6.07) is 13.8. The van der Waals surface area contributed by atoms with Gasteiger partial charge in [0, 0.05) is 0 Å². The Balaban J connectivity index is 2.34. The number of benzene rings is 2. The fourth-order valence-electron chi connectivity index (χ4n) is 2.29. The Kier molecular flexibility index (Phi) is 6.13. The van der Waals surface area contributed by atoms with E-state index in [1.165, 1.54) is 0 Å². The molecule has 3 nitrogen and oxygen atoms in total. The van der Waals surface area contributed by atoms with Gasteiger partial charge in [-0.2, -0.15) is 5.26 Å². The first-order valence-corrected chi connectivity index (χ1v) is 8.51. The molecule has 2 aromatic carbocycles. The number of nitrogens with two attached hydrogens (primary N) is 1. The molecule has 0 unspecified atom stereocenters. The van der Waals surface area contributed by atoms with Gasteiger partial charge in [0.05, 0.1) is 10.0 Å². The third kappa shape index (κ3) is 4.44. The minimum Gasteiger partial charge on any atom is -0.488 e. The lowest BCUT2D eigenvalue weighted by molar-refractivity contribution is 0.303. The first-order valence-electron chi connectivity index (χ1n) is 7.31. The average molecular weight is 401 g/mol. The Labute approximate surface area is 155 Å². The molecule has 2 N–H and O–H groups in total. The van der Waals surface area contributed by atoms with Crippen molar-refractivity contribution in [2.24, 2.45) is 5.73 Å². The third-order valence-corrected chi connectivity index (χ3v) is 4.48. The molecule has 0 fully saturated rings. The molecule has 0 radical (unpaired) electrons. The highest BCUT2D eigenvalue weighted by atomic mass is 79.9. The maximum atomic E-state index is 9.15. The van der Waals surface area contributed by atoms with Crippen LogP contribution in [0.3, 0.4) is 0 Å². The number of hydrogen-bond donors (Lipinski definition) is 1. The van der Waals surface area contributed by atoms with Crippen molar-refractivity contribution < 1.29 is 4.74 Å². The van der Waals surface area contributed by atoms with Crippen molar-refractivity contribution >= 4 is 39.2 Å². The topological polar surface area (TPSA) is 59.0 Å². The van der Waals surface area contributed by atoms with Crippen LogP contribution in [-0.4, -0.2) is 4.99 Å². The van der Waals surface area contributed by atoms with Crippen LogP contribution in [0.25, 0.3) is 6.08 Å². The number of ether oxygens (including phenoxy) is 1. The monoisotopic (exact) mass is 400 g/mol. The smallest absolute Gasteiger partial charge is 0.133 e. The van der Waals surface area contributed by atoms with Crippen LogP contribution in [0.4, 0.5) is 0 Å². The molecular formula is C19H17BrN2OS. The van der Waals surface area contributed by atoms with Crippen LogP contribution in [0.2, 0.25) is 0 Å². The van der Waals surface area contributed by atoms with Crippen LogP contribution < -0.4 is 10.5 Å². The number of halogens is 1. The second-order valence-corrected chi connectivity index (χ2v) is 6.69. The van der Waals surface area contributed by atoms with E-state index in [0.29, 0.717) is 12.2 Å². The normalized spacial score (nSPS) is 11.0. The predicted molar refractivity (Wildman–Crippen MR) is 105 cm³/mol. The molecule has 0 spiro atoms. The van der Waals surface area contributed by atoms with Crippen molar-refractivity contribution in [3.63, 3.8) is 0 Å². The number of nitriles is 1. The zero-order valence-corrected chi connectivity index (χ0v) is 15.9. The fraction of sp³-hybridized carbons (Fsp3) is 0.158. The summed E-state index contributed by atoms with van der Waals surface area (Å²) in [5.41, 5.74) is 9.98. The number of rotatable bonds is 5. The second-order valence-electron chi connectivity index (χ2n) is 5.39. The quantitative estimate of drug-likeness (QED) is 0.443. The van der Waals surface area contributed by atoms with Crippen LogP contribution in [0.1, 0.15) is 22.3 Å². The van der Waals surface area contributed by atoms with Gasteiger partial charge in [-0.1, -0.05) is 42.0 Å². The van der Waals surface area contributed by atoms with Gasteiger partial charge in [0.15, 0.2) is 0 Å². The molecule has 0 aliphatic carbocycles. The molecule has 24 heavy (non-hydrogen) atoms. The molecule has 5 heteroatoms. The minimum absolute atomic E-state index is 0.101. The summed E-state index contributed by atoms with van der Waals surface area (Å²) in [6.07, 6.45) is 1.73. The average Bonchev–Trinajstić information content (AvgIpc) is 2.54. The van der Waals surface area contributed by atoms with E-state index in [9.17, 15) is 0 Å². The lowest BCUT2D eigenvalue weighted by Crippen LogP contribution is -2.10. The van der Waals surface area contributed by atoms with Crippen molar-refractivity contribution in [2.45, 2.75) is 20.5 Å². The van der Waals surface area contributed by atoms with Crippen molar-refractivity contribution in [3.05, 3.63) is 68.7 Å². The summed E-state index contributed by atoms with van der Waals surface area (Å²) < 4.78 is 6.82. The van der Waals surface area contributed by atoms with Gasteiger partial charge in [0.25, 0.3) is 0 Å². The van der Waals surface area contributed by atoms with Crippen molar-refractivity contribution in [1.82, 2.24) is 0 Å². The highest BCUT2D eigenvalue weighted by molar-refractivity contribution is 9.10. The third-order valence-electron chi connectivity index (χ3n) is 3.61.